The van der Waals surface area contributed by atoms with E-state index in [9.17, 15) is 37.2 Å². The number of rotatable bonds is 12. The lowest BCUT2D eigenvalue weighted by molar-refractivity contribution is -0.239. The molecule has 0 spiro atoms. The molecule has 4 aliphatic carbocycles. The molecule has 4 rings (SSSR count). The van der Waals surface area contributed by atoms with Crippen molar-refractivity contribution in [1.29, 1.82) is 0 Å². The number of carboxylic acid groups (broad SMARTS) is 1. The standard InChI is InChI=1S/C34H54F3O10P.C2H6/c1-18(2)45-48(42,46-19(3)4)47-27-16-22-15-23(43-21(6)38)13-14-32(22,7)26-17-28(44-31(41)34(35,36)37)33(8)24(10-11-25(33)30(26)27)20(5)9-12-29(39)40;1-2/h18-20,22-28,30H,9-17H2,1-8H3,(H,39,40);1-2H3. The van der Waals surface area contributed by atoms with Gasteiger partial charge in [-0.2, -0.15) is 13.2 Å². The minimum atomic E-state index is -5.19. The smallest absolute Gasteiger partial charge is 0.481 e. The Bertz CT molecular complexity index is 1230. The first kappa shape index (κ1) is 42.7. The molecule has 0 aromatic carbocycles. The topological polar surface area (TPSA) is 135 Å². The Balaban J connectivity index is 0.00000332. The number of fused-ring (bicyclic) bond motifs is 5. The van der Waals surface area contributed by atoms with Crippen molar-refractivity contribution >= 4 is 25.7 Å². The predicted octanol–water partition coefficient (Wildman–Crippen LogP) is 9.14. The molecule has 0 aliphatic heterocycles. The van der Waals surface area contributed by atoms with Gasteiger partial charge in [0.1, 0.15) is 12.2 Å². The zero-order valence-corrected chi connectivity index (χ0v) is 32.3. The Morgan fingerprint density at radius 3 is 2.02 bits per heavy atom. The summed E-state index contributed by atoms with van der Waals surface area (Å²) in [5, 5.41) is 9.40. The molecule has 11 unspecified atom stereocenters. The maximum atomic E-state index is 14.3. The number of alkyl halides is 3. The van der Waals surface area contributed by atoms with Crippen molar-refractivity contribution in [2.24, 2.45) is 46.3 Å². The largest absolute Gasteiger partial charge is 0.490 e. The molecule has 10 nitrogen and oxygen atoms in total. The highest BCUT2D eigenvalue weighted by atomic mass is 31.2. The van der Waals surface area contributed by atoms with Gasteiger partial charge in [0.2, 0.25) is 0 Å². The molecule has 11 atom stereocenters. The summed E-state index contributed by atoms with van der Waals surface area (Å²) < 4.78 is 84.8. The number of phosphoric ester groups is 1. The van der Waals surface area contributed by atoms with Gasteiger partial charge >= 0.3 is 31.9 Å². The number of ether oxygens (including phenoxy) is 2. The van der Waals surface area contributed by atoms with Crippen molar-refractivity contribution in [3.05, 3.63) is 0 Å². The molecule has 14 heteroatoms. The van der Waals surface area contributed by atoms with Gasteiger partial charge in [-0.3, -0.25) is 23.2 Å². The Morgan fingerprint density at radius 2 is 1.50 bits per heavy atom. The minimum absolute atomic E-state index is 0.0886. The molecule has 0 aromatic heterocycles. The Labute approximate surface area is 295 Å². The van der Waals surface area contributed by atoms with Crippen molar-refractivity contribution in [2.45, 2.75) is 164 Å². The fraction of sp³-hybridized carbons (Fsp3) is 0.917. The summed E-state index contributed by atoms with van der Waals surface area (Å²) in [6.45, 7) is 18.2. The Kier molecular flexibility index (Phi) is 14.1. The summed E-state index contributed by atoms with van der Waals surface area (Å²) >= 11 is 0. The average molecular weight is 741 g/mol. The number of aliphatic carboxylic acids is 1. The molecule has 0 saturated heterocycles. The van der Waals surface area contributed by atoms with Gasteiger partial charge in [-0.05, 0) is 120 Å². The predicted molar refractivity (Wildman–Crippen MR) is 180 cm³/mol. The zero-order chi connectivity index (χ0) is 38.0. The lowest BCUT2D eigenvalue weighted by Gasteiger charge is -2.64. The lowest BCUT2D eigenvalue weighted by Crippen LogP contribution is -2.63. The second-order valence-corrected chi connectivity index (χ2v) is 17.2. The summed E-state index contributed by atoms with van der Waals surface area (Å²) in [4.78, 5) is 35.9. The highest BCUT2D eigenvalue weighted by Gasteiger charge is 2.68. The first-order valence-corrected chi connectivity index (χ1v) is 19.9. The second-order valence-electron chi connectivity index (χ2n) is 15.7. The van der Waals surface area contributed by atoms with Crippen LogP contribution in [0.1, 0.15) is 127 Å². The van der Waals surface area contributed by atoms with Gasteiger partial charge in [0.05, 0.1) is 18.3 Å². The first-order valence-electron chi connectivity index (χ1n) is 18.4. The van der Waals surface area contributed by atoms with E-state index in [1.54, 1.807) is 27.7 Å². The van der Waals surface area contributed by atoms with Crippen LogP contribution in [0.3, 0.4) is 0 Å². The normalized spacial score (nSPS) is 36.0. The van der Waals surface area contributed by atoms with Gasteiger partial charge in [0.25, 0.3) is 0 Å². The average Bonchev–Trinajstić information content (AvgIpc) is 3.34. The lowest BCUT2D eigenvalue weighted by atomic mass is 9.43. The van der Waals surface area contributed by atoms with Crippen LogP contribution in [0.15, 0.2) is 0 Å². The van der Waals surface area contributed by atoms with Crippen molar-refractivity contribution in [1.82, 2.24) is 0 Å². The summed E-state index contributed by atoms with van der Waals surface area (Å²) in [6.07, 6.45) is -4.55. The number of carbonyl (C=O) groups excluding carboxylic acids is 2. The number of halogens is 3. The Hall–Kier alpha value is -1.69. The van der Waals surface area contributed by atoms with E-state index in [1.807, 2.05) is 27.7 Å². The fourth-order valence-electron chi connectivity index (χ4n) is 10.2. The molecule has 0 radical (unpaired) electrons. The van der Waals surface area contributed by atoms with E-state index in [4.69, 9.17) is 23.0 Å². The van der Waals surface area contributed by atoms with Crippen LogP contribution in [0, 0.1) is 46.3 Å². The number of phosphoric acid groups is 1. The maximum absolute atomic E-state index is 14.3. The Morgan fingerprint density at radius 1 is 0.900 bits per heavy atom. The van der Waals surface area contributed by atoms with E-state index < -0.39 is 67.2 Å². The van der Waals surface area contributed by atoms with Gasteiger partial charge in [-0.25, -0.2) is 9.36 Å². The number of hydrogen-bond donors (Lipinski definition) is 1. The molecule has 4 fully saturated rings. The molecule has 4 aliphatic rings. The van der Waals surface area contributed by atoms with Crippen LogP contribution in [0.25, 0.3) is 0 Å². The molecular formula is C36H60F3O10P. The van der Waals surface area contributed by atoms with E-state index in [-0.39, 0.29) is 54.5 Å². The first-order chi connectivity index (χ1) is 23.1. The summed E-state index contributed by atoms with van der Waals surface area (Å²) in [6, 6.07) is 0. The SMILES string of the molecule is CC.CC(=O)OC1CCC2(C)C(C1)CC(OP(=O)(OC(C)C)OC(C)C)C1C2CC(OC(=O)C(F)(F)F)C2(C)C(C(C)CCC(=O)O)CCC12. The quantitative estimate of drug-likeness (QED) is 0.152. The van der Waals surface area contributed by atoms with Gasteiger partial charge < -0.3 is 14.6 Å². The van der Waals surface area contributed by atoms with Crippen LogP contribution in [0.4, 0.5) is 13.2 Å². The molecular weight excluding hydrogens is 680 g/mol. The van der Waals surface area contributed by atoms with Gasteiger partial charge in [-0.15, -0.1) is 0 Å². The van der Waals surface area contributed by atoms with Crippen molar-refractivity contribution < 1.29 is 60.3 Å². The molecule has 0 aromatic rings. The van der Waals surface area contributed by atoms with Gasteiger partial charge in [0.15, 0.2) is 0 Å². The maximum Gasteiger partial charge on any atom is 0.490 e. The number of carboxylic acids is 1. The molecule has 0 bridgehead atoms. The molecule has 0 heterocycles. The molecule has 0 amide bonds. The number of carbonyl (C=O) groups is 3. The third-order valence-corrected chi connectivity index (χ3v) is 13.9. The van der Waals surface area contributed by atoms with Gasteiger partial charge in [-0.1, -0.05) is 34.6 Å². The van der Waals surface area contributed by atoms with Crippen LogP contribution in [0.5, 0.6) is 0 Å². The summed E-state index contributed by atoms with van der Waals surface area (Å²) in [7, 11) is -4.13. The van der Waals surface area contributed by atoms with Crippen LogP contribution in [-0.2, 0) is 42.0 Å². The van der Waals surface area contributed by atoms with E-state index >= 15 is 0 Å². The zero-order valence-electron chi connectivity index (χ0n) is 31.4. The van der Waals surface area contributed by atoms with Crippen molar-refractivity contribution in [2.75, 3.05) is 0 Å². The second kappa shape index (κ2) is 16.5. The monoisotopic (exact) mass is 740 g/mol. The molecule has 4 saturated carbocycles. The van der Waals surface area contributed by atoms with Crippen LogP contribution >= 0.6 is 7.82 Å². The summed E-state index contributed by atoms with van der Waals surface area (Å²) in [5.74, 6) is -4.98. The van der Waals surface area contributed by atoms with E-state index in [0.717, 1.165) is 0 Å². The van der Waals surface area contributed by atoms with E-state index in [2.05, 4.69) is 6.92 Å². The van der Waals surface area contributed by atoms with Crippen LogP contribution in [-0.4, -0.2) is 59.7 Å². The molecule has 290 valence electrons. The van der Waals surface area contributed by atoms with E-state index in [0.29, 0.717) is 44.9 Å². The van der Waals surface area contributed by atoms with E-state index in [1.165, 1.54) is 6.92 Å². The highest BCUT2D eigenvalue weighted by molar-refractivity contribution is 7.48. The van der Waals surface area contributed by atoms with Crippen LogP contribution < -0.4 is 0 Å². The summed E-state index contributed by atoms with van der Waals surface area (Å²) in [5.41, 5.74) is -1.37. The highest BCUT2D eigenvalue weighted by Crippen LogP contribution is 2.71. The van der Waals surface area contributed by atoms with Crippen molar-refractivity contribution in [3.8, 4) is 0 Å². The third kappa shape index (κ3) is 9.26. The fourth-order valence-corrected chi connectivity index (χ4v) is 11.9. The number of hydrogen-bond acceptors (Lipinski definition) is 9. The molecule has 1 N–H and O–H groups in total. The van der Waals surface area contributed by atoms with Gasteiger partial charge in [0, 0.05) is 18.8 Å². The third-order valence-electron chi connectivity index (χ3n) is 12.0. The number of esters is 2. The molecule has 50 heavy (non-hydrogen) atoms. The van der Waals surface area contributed by atoms with Crippen LogP contribution in [0.2, 0.25) is 0 Å². The van der Waals surface area contributed by atoms with Crippen molar-refractivity contribution in [3.63, 3.8) is 0 Å². The minimum Gasteiger partial charge on any atom is -0.481 e.